The van der Waals surface area contributed by atoms with Crippen molar-refractivity contribution in [1.82, 2.24) is 0 Å². The summed E-state index contributed by atoms with van der Waals surface area (Å²) < 4.78 is 0. The highest BCUT2D eigenvalue weighted by Crippen LogP contribution is 2.21. The van der Waals surface area contributed by atoms with Crippen LogP contribution in [0, 0.1) is 13.8 Å². The molecule has 2 rings (SSSR count). The van der Waals surface area contributed by atoms with Crippen molar-refractivity contribution in [2.24, 2.45) is 0 Å². The number of nitrogen functional groups attached to an aromatic ring is 1. The molecule has 2 aromatic carbocycles. The van der Waals surface area contributed by atoms with E-state index in [9.17, 15) is 4.79 Å². The second-order valence-corrected chi connectivity index (χ2v) is 5.17. The van der Waals surface area contributed by atoms with E-state index < -0.39 is 0 Å². The van der Waals surface area contributed by atoms with Gasteiger partial charge in [0.15, 0.2) is 5.78 Å². The molecular weight excluding hydrogens is 258 g/mol. The second kappa shape index (κ2) is 5.45. The summed E-state index contributed by atoms with van der Waals surface area (Å²) in [6.45, 7) is 4.09. The van der Waals surface area contributed by atoms with Crippen molar-refractivity contribution in [2.75, 3.05) is 5.73 Å². The summed E-state index contributed by atoms with van der Waals surface area (Å²) in [6.07, 6.45) is 0.352. The molecule has 3 heteroatoms. The molecule has 0 bridgehead atoms. The number of anilines is 1. The van der Waals surface area contributed by atoms with Gasteiger partial charge in [0.2, 0.25) is 0 Å². The van der Waals surface area contributed by atoms with Crippen LogP contribution in [0.1, 0.15) is 27.0 Å². The molecule has 0 saturated carbocycles. The smallest absolute Gasteiger partial charge is 0.168 e. The van der Waals surface area contributed by atoms with E-state index in [4.69, 9.17) is 17.3 Å². The van der Waals surface area contributed by atoms with E-state index in [1.165, 1.54) is 11.1 Å². The first kappa shape index (κ1) is 13.6. The Hall–Kier alpha value is -1.80. The van der Waals surface area contributed by atoms with E-state index in [0.29, 0.717) is 22.7 Å². The van der Waals surface area contributed by atoms with Crippen LogP contribution in [0.25, 0.3) is 0 Å². The second-order valence-electron chi connectivity index (χ2n) is 4.76. The third kappa shape index (κ3) is 3.15. The molecule has 0 atom stereocenters. The van der Waals surface area contributed by atoms with Crippen LogP contribution in [0.5, 0.6) is 0 Å². The first-order valence-corrected chi connectivity index (χ1v) is 6.49. The zero-order valence-corrected chi connectivity index (χ0v) is 11.8. The molecule has 0 heterocycles. The van der Waals surface area contributed by atoms with Crippen LogP contribution < -0.4 is 5.73 Å². The minimum atomic E-state index is 0.00764. The monoisotopic (exact) mass is 273 g/mol. The Morgan fingerprint density at radius 3 is 2.47 bits per heavy atom. The molecule has 19 heavy (non-hydrogen) atoms. The van der Waals surface area contributed by atoms with Crippen molar-refractivity contribution in [3.63, 3.8) is 0 Å². The van der Waals surface area contributed by atoms with Gasteiger partial charge in [-0.05, 0) is 48.7 Å². The fourth-order valence-corrected chi connectivity index (χ4v) is 2.25. The van der Waals surface area contributed by atoms with E-state index >= 15 is 0 Å². The quantitative estimate of drug-likeness (QED) is 0.679. The van der Waals surface area contributed by atoms with Gasteiger partial charge in [-0.25, -0.2) is 0 Å². The molecule has 0 unspecified atom stereocenters. The highest BCUT2D eigenvalue weighted by molar-refractivity contribution is 6.34. The summed E-state index contributed by atoms with van der Waals surface area (Å²) in [5.41, 5.74) is 10.1. The standard InChI is InChI=1S/C16H16ClNO/c1-10-3-4-12(7-11(10)2)8-16(19)14-6-5-13(18)9-15(14)17/h3-7,9H,8,18H2,1-2H3. The molecule has 0 spiro atoms. The zero-order chi connectivity index (χ0) is 14.0. The molecule has 98 valence electrons. The Morgan fingerprint density at radius 2 is 1.84 bits per heavy atom. The van der Waals surface area contributed by atoms with Crippen molar-refractivity contribution in [1.29, 1.82) is 0 Å². The van der Waals surface area contributed by atoms with Crippen LogP contribution >= 0.6 is 11.6 Å². The van der Waals surface area contributed by atoms with Crippen LogP contribution in [0.15, 0.2) is 36.4 Å². The van der Waals surface area contributed by atoms with Crippen LogP contribution in [0.2, 0.25) is 5.02 Å². The number of nitrogens with two attached hydrogens (primary N) is 1. The molecule has 0 amide bonds. The summed E-state index contributed by atoms with van der Waals surface area (Å²) in [5.74, 6) is 0.00764. The van der Waals surface area contributed by atoms with Gasteiger partial charge in [-0.2, -0.15) is 0 Å². The SMILES string of the molecule is Cc1ccc(CC(=O)c2ccc(N)cc2Cl)cc1C. The number of hydrogen-bond acceptors (Lipinski definition) is 2. The maximum absolute atomic E-state index is 12.2. The third-order valence-electron chi connectivity index (χ3n) is 3.23. The van der Waals surface area contributed by atoms with Gasteiger partial charge in [-0.15, -0.1) is 0 Å². The van der Waals surface area contributed by atoms with Crippen molar-refractivity contribution in [3.8, 4) is 0 Å². The molecule has 2 aromatic rings. The Kier molecular flexibility index (Phi) is 3.91. The summed E-state index contributed by atoms with van der Waals surface area (Å²) in [7, 11) is 0. The Labute approximate surface area is 118 Å². The topological polar surface area (TPSA) is 43.1 Å². The molecule has 0 fully saturated rings. The lowest BCUT2D eigenvalue weighted by Gasteiger charge is -2.07. The molecule has 0 aromatic heterocycles. The van der Waals surface area contributed by atoms with Gasteiger partial charge in [-0.1, -0.05) is 29.8 Å². The predicted octanol–water partition coefficient (Wildman–Crippen LogP) is 3.96. The van der Waals surface area contributed by atoms with E-state index in [2.05, 4.69) is 6.92 Å². The van der Waals surface area contributed by atoms with Crippen LogP contribution in [0.3, 0.4) is 0 Å². The lowest BCUT2D eigenvalue weighted by molar-refractivity contribution is 0.0993. The van der Waals surface area contributed by atoms with Crippen LogP contribution in [-0.4, -0.2) is 5.78 Å². The number of hydrogen-bond donors (Lipinski definition) is 1. The molecule has 0 aliphatic rings. The zero-order valence-electron chi connectivity index (χ0n) is 11.0. The molecule has 2 nitrogen and oxygen atoms in total. The number of ketones is 1. The number of benzene rings is 2. The van der Waals surface area contributed by atoms with Gasteiger partial charge in [0, 0.05) is 17.7 Å². The normalized spacial score (nSPS) is 10.5. The maximum Gasteiger partial charge on any atom is 0.168 e. The summed E-state index contributed by atoms with van der Waals surface area (Å²) in [6, 6.07) is 11.0. The van der Waals surface area contributed by atoms with Gasteiger partial charge in [0.1, 0.15) is 0 Å². The molecule has 0 saturated heterocycles. The highest BCUT2D eigenvalue weighted by atomic mass is 35.5. The van der Waals surface area contributed by atoms with Crippen LogP contribution in [0.4, 0.5) is 5.69 Å². The van der Waals surface area contributed by atoms with E-state index in [-0.39, 0.29) is 5.78 Å². The minimum Gasteiger partial charge on any atom is -0.399 e. The Bertz CT molecular complexity index is 635. The van der Waals surface area contributed by atoms with Gasteiger partial charge in [0.25, 0.3) is 0 Å². The molecular formula is C16H16ClNO. The average molecular weight is 274 g/mol. The molecule has 2 N–H and O–H groups in total. The number of Topliss-reactive ketones (excluding diaryl/α,β-unsaturated/α-hetero) is 1. The fraction of sp³-hybridized carbons (Fsp3) is 0.188. The molecule has 0 radical (unpaired) electrons. The van der Waals surface area contributed by atoms with Crippen molar-refractivity contribution in [3.05, 3.63) is 63.7 Å². The number of aryl methyl sites for hydroxylation is 2. The highest BCUT2D eigenvalue weighted by Gasteiger charge is 2.11. The largest absolute Gasteiger partial charge is 0.399 e. The number of carbonyl (C=O) groups excluding carboxylic acids is 1. The van der Waals surface area contributed by atoms with Gasteiger partial charge in [-0.3, -0.25) is 4.79 Å². The average Bonchev–Trinajstić information content (AvgIpc) is 2.33. The predicted molar refractivity (Wildman–Crippen MR) is 79.8 cm³/mol. The van der Waals surface area contributed by atoms with Crippen LogP contribution in [-0.2, 0) is 6.42 Å². The maximum atomic E-state index is 12.2. The van der Waals surface area contributed by atoms with Gasteiger partial charge in [0.05, 0.1) is 5.02 Å². The minimum absolute atomic E-state index is 0.00764. The third-order valence-corrected chi connectivity index (χ3v) is 3.54. The number of rotatable bonds is 3. The Balaban J connectivity index is 2.23. The number of carbonyl (C=O) groups is 1. The van der Waals surface area contributed by atoms with E-state index in [0.717, 1.165) is 5.56 Å². The summed E-state index contributed by atoms with van der Waals surface area (Å²) in [5, 5.41) is 0.411. The van der Waals surface area contributed by atoms with Crippen molar-refractivity contribution in [2.45, 2.75) is 20.3 Å². The first-order valence-electron chi connectivity index (χ1n) is 6.11. The fourth-order valence-electron chi connectivity index (χ4n) is 1.95. The number of halogens is 1. The lowest BCUT2D eigenvalue weighted by Crippen LogP contribution is -2.05. The van der Waals surface area contributed by atoms with E-state index in [1.54, 1.807) is 18.2 Å². The van der Waals surface area contributed by atoms with E-state index in [1.807, 2.05) is 25.1 Å². The Morgan fingerprint density at radius 1 is 1.11 bits per heavy atom. The first-order chi connectivity index (χ1) is 8.97. The summed E-state index contributed by atoms with van der Waals surface area (Å²) >= 11 is 6.05. The summed E-state index contributed by atoms with van der Waals surface area (Å²) in [4.78, 5) is 12.2. The van der Waals surface area contributed by atoms with Gasteiger partial charge < -0.3 is 5.73 Å². The van der Waals surface area contributed by atoms with Gasteiger partial charge >= 0.3 is 0 Å². The molecule has 0 aliphatic heterocycles. The van der Waals surface area contributed by atoms with Crippen molar-refractivity contribution < 1.29 is 4.79 Å². The lowest BCUT2D eigenvalue weighted by atomic mass is 9.99. The molecule has 0 aliphatic carbocycles. The van der Waals surface area contributed by atoms with Crippen molar-refractivity contribution >= 4 is 23.1 Å².